The summed E-state index contributed by atoms with van der Waals surface area (Å²) >= 11 is 0. The Kier molecular flexibility index (Phi) is 5.95. The highest BCUT2D eigenvalue weighted by Crippen LogP contribution is 2.05. The zero-order chi connectivity index (χ0) is 15.1. The second kappa shape index (κ2) is 7.95. The first-order valence-corrected chi connectivity index (χ1v) is 7.21. The van der Waals surface area contributed by atoms with Crippen LogP contribution in [0.5, 0.6) is 0 Å². The van der Waals surface area contributed by atoms with Crippen molar-refractivity contribution in [2.45, 2.75) is 6.54 Å². The van der Waals surface area contributed by atoms with Crippen LogP contribution in [-0.2, 0) is 11.3 Å². The zero-order valence-electron chi connectivity index (χ0n) is 12.5. The first-order valence-electron chi connectivity index (χ1n) is 7.21. The standard InChI is InChI=1S/C15H23FN4O/c1-19(12-13-2-4-14(16)5-3-13)7-6-18-15(17)20-8-10-21-11-9-20/h2-5H,6-12H2,1H3,(H2,17,18). The Labute approximate surface area is 125 Å². The first-order chi connectivity index (χ1) is 10.1. The van der Waals surface area contributed by atoms with E-state index in [9.17, 15) is 4.39 Å². The van der Waals surface area contributed by atoms with Crippen LogP contribution in [0.25, 0.3) is 0 Å². The number of morpholine rings is 1. The molecule has 0 bridgehead atoms. The lowest BCUT2D eigenvalue weighted by molar-refractivity contribution is 0.0674. The fourth-order valence-corrected chi connectivity index (χ4v) is 2.21. The van der Waals surface area contributed by atoms with E-state index >= 15 is 0 Å². The van der Waals surface area contributed by atoms with Crippen LogP contribution in [0.1, 0.15) is 5.56 Å². The van der Waals surface area contributed by atoms with Gasteiger partial charge in [-0.15, -0.1) is 0 Å². The predicted octanol–water partition coefficient (Wildman–Crippen LogP) is 0.904. The van der Waals surface area contributed by atoms with Crippen molar-refractivity contribution in [3.8, 4) is 0 Å². The molecule has 1 aliphatic heterocycles. The Bertz CT molecular complexity index is 457. The molecule has 1 fully saturated rings. The molecule has 5 nitrogen and oxygen atoms in total. The van der Waals surface area contributed by atoms with Crippen molar-refractivity contribution in [2.75, 3.05) is 46.4 Å². The molecule has 116 valence electrons. The summed E-state index contributed by atoms with van der Waals surface area (Å²) in [5, 5.41) is 0. The SMILES string of the molecule is CN(CCN=C(N)N1CCOCC1)Cc1ccc(F)cc1. The van der Waals surface area contributed by atoms with Gasteiger partial charge in [0.25, 0.3) is 0 Å². The molecular formula is C15H23FN4O. The Morgan fingerprint density at radius 2 is 2.00 bits per heavy atom. The van der Waals surface area contributed by atoms with Gasteiger partial charge in [-0.3, -0.25) is 4.99 Å². The molecular weight excluding hydrogens is 271 g/mol. The van der Waals surface area contributed by atoms with Crippen LogP contribution in [0.3, 0.4) is 0 Å². The quantitative estimate of drug-likeness (QED) is 0.648. The summed E-state index contributed by atoms with van der Waals surface area (Å²) in [7, 11) is 2.02. The molecule has 1 heterocycles. The van der Waals surface area contributed by atoms with Gasteiger partial charge in [0.1, 0.15) is 5.82 Å². The van der Waals surface area contributed by atoms with Crippen molar-refractivity contribution in [3.05, 3.63) is 35.6 Å². The normalized spacial score (nSPS) is 16.5. The largest absolute Gasteiger partial charge is 0.378 e. The molecule has 0 aliphatic carbocycles. The summed E-state index contributed by atoms with van der Waals surface area (Å²) in [5.41, 5.74) is 7.05. The van der Waals surface area contributed by atoms with Crippen molar-refractivity contribution in [1.82, 2.24) is 9.80 Å². The first kappa shape index (κ1) is 15.7. The van der Waals surface area contributed by atoms with E-state index in [1.807, 2.05) is 11.9 Å². The molecule has 0 amide bonds. The third kappa shape index (κ3) is 5.32. The predicted molar refractivity (Wildman–Crippen MR) is 81.6 cm³/mol. The van der Waals surface area contributed by atoms with Crippen LogP contribution < -0.4 is 5.73 Å². The maximum absolute atomic E-state index is 12.8. The topological polar surface area (TPSA) is 54.1 Å². The van der Waals surface area contributed by atoms with Gasteiger partial charge in [0, 0.05) is 26.2 Å². The van der Waals surface area contributed by atoms with Gasteiger partial charge >= 0.3 is 0 Å². The third-order valence-electron chi connectivity index (χ3n) is 3.46. The fraction of sp³-hybridized carbons (Fsp3) is 0.533. The van der Waals surface area contributed by atoms with Gasteiger partial charge < -0.3 is 20.3 Å². The fourth-order valence-electron chi connectivity index (χ4n) is 2.21. The van der Waals surface area contributed by atoms with E-state index < -0.39 is 0 Å². The number of nitrogens with two attached hydrogens (primary N) is 1. The lowest BCUT2D eigenvalue weighted by atomic mass is 10.2. The highest BCUT2D eigenvalue weighted by atomic mass is 19.1. The number of likely N-dealkylation sites (N-methyl/N-ethyl adjacent to an activating group) is 1. The summed E-state index contributed by atoms with van der Waals surface area (Å²) in [6.45, 7) is 5.26. The smallest absolute Gasteiger partial charge is 0.191 e. The molecule has 6 heteroatoms. The molecule has 0 saturated carbocycles. The van der Waals surface area contributed by atoms with E-state index in [1.165, 1.54) is 12.1 Å². The Balaban J connectivity index is 1.72. The number of guanidine groups is 1. The average molecular weight is 294 g/mol. The minimum Gasteiger partial charge on any atom is -0.378 e. The maximum Gasteiger partial charge on any atom is 0.191 e. The van der Waals surface area contributed by atoms with Gasteiger partial charge in [0.2, 0.25) is 0 Å². The molecule has 1 aromatic rings. The minimum atomic E-state index is -0.204. The van der Waals surface area contributed by atoms with Gasteiger partial charge in [-0.1, -0.05) is 12.1 Å². The second-order valence-corrected chi connectivity index (χ2v) is 5.20. The number of nitrogens with zero attached hydrogens (tertiary/aromatic N) is 3. The second-order valence-electron chi connectivity index (χ2n) is 5.20. The zero-order valence-corrected chi connectivity index (χ0v) is 12.5. The van der Waals surface area contributed by atoms with Crippen molar-refractivity contribution in [3.63, 3.8) is 0 Å². The Morgan fingerprint density at radius 1 is 1.33 bits per heavy atom. The van der Waals surface area contributed by atoms with E-state index in [-0.39, 0.29) is 5.82 Å². The minimum absolute atomic E-state index is 0.204. The van der Waals surface area contributed by atoms with E-state index in [0.717, 1.165) is 31.7 Å². The average Bonchev–Trinajstić information content (AvgIpc) is 2.50. The number of rotatable bonds is 5. The number of hydrogen-bond donors (Lipinski definition) is 1. The van der Waals surface area contributed by atoms with Crippen LogP contribution in [0.4, 0.5) is 4.39 Å². The van der Waals surface area contributed by atoms with E-state index in [0.29, 0.717) is 25.7 Å². The summed E-state index contributed by atoms with van der Waals surface area (Å²) in [5.74, 6) is 0.387. The number of hydrogen-bond acceptors (Lipinski definition) is 3. The number of ether oxygens (including phenoxy) is 1. The molecule has 0 spiro atoms. The van der Waals surface area contributed by atoms with Gasteiger partial charge in [0.05, 0.1) is 19.8 Å². The number of aliphatic imine (C=N–C) groups is 1. The summed E-state index contributed by atoms with van der Waals surface area (Å²) in [6.07, 6.45) is 0. The summed E-state index contributed by atoms with van der Waals surface area (Å²) < 4.78 is 18.1. The highest BCUT2D eigenvalue weighted by Gasteiger charge is 2.11. The van der Waals surface area contributed by atoms with Gasteiger partial charge in [-0.2, -0.15) is 0 Å². The van der Waals surface area contributed by atoms with E-state index in [4.69, 9.17) is 10.5 Å². The molecule has 21 heavy (non-hydrogen) atoms. The molecule has 1 aliphatic rings. The number of benzene rings is 1. The van der Waals surface area contributed by atoms with Crippen LogP contribution in [-0.4, -0.2) is 62.2 Å². The lowest BCUT2D eigenvalue weighted by Crippen LogP contribution is -2.45. The molecule has 2 N–H and O–H groups in total. The van der Waals surface area contributed by atoms with Crippen LogP contribution in [0.2, 0.25) is 0 Å². The van der Waals surface area contributed by atoms with Crippen LogP contribution in [0.15, 0.2) is 29.3 Å². The lowest BCUT2D eigenvalue weighted by Gasteiger charge is -2.27. The van der Waals surface area contributed by atoms with Crippen LogP contribution >= 0.6 is 0 Å². The summed E-state index contributed by atoms with van der Waals surface area (Å²) in [6, 6.07) is 6.57. The molecule has 0 aromatic heterocycles. The van der Waals surface area contributed by atoms with E-state index in [2.05, 4.69) is 9.89 Å². The molecule has 2 rings (SSSR count). The molecule has 1 aromatic carbocycles. The van der Waals surface area contributed by atoms with Gasteiger partial charge in [0.15, 0.2) is 5.96 Å². The van der Waals surface area contributed by atoms with Crippen LogP contribution in [0, 0.1) is 5.82 Å². The van der Waals surface area contributed by atoms with Crippen molar-refractivity contribution >= 4 is 5.96 Å². The van der Waals surface area contributed by atoms with Crippen molar-refractivity contribution in [2.24, 2.45) is 10.7 Å². The molecule has 0 atom stereocenters. The van der Waals surface area contributed by atoms with E-state index in [1.54, 1.807) is 12.1 Å². The number of halogens is 1. The summed E-state index contributed by atoms with van der Waals surface area (Å²) in [4.78, 5) is 8.59. The van der Waals surface area contributed by atoms with Gasteiger partial charge in [-0.25, -0.2) is 4.39 Å². The third-order valence-corrected chi connectivity index (χ3v) is 3.46. The Hall–Kier alpha value is -1.66. The highest BCUT2D eigenvalue weighted by molar-refractivity contribution is 5.78. The molecule has 1 saturated heterocycles. The van der Waals surface area contributed by atoms with Crippen molar-refractivity contribution in [1.29, 1.82) is 0 Å². The maximum atomic E-state index is 12.8. The Morgan fingerprint density at radius 3 is 2.67 bits per heavy atom. The van der Waals surface area contributed by atoms with Gasteiger partial charge in [-0.05, 0) is 24.7 Å². The molecule has 0 unspecified atom stereocenters. The molecule has 0 radical (unpaired) electrons. The van der Waals surface area contributed by atoms with Crippen molar-refractivity contribution < 1.29 is 9.13 Å². The monoisotopic (exact) mass is 294 g/mol.